The third-order valence-corrected chi connectivity index (χ3v) is 3.20. The molecule has 0 saturated carbocycles. The Hall–Kier alpha value is -2.00. The van der Waals surface area contributed by atoms with Gasteiger partial charge < -0.3 is 10.2 Å². The fourth-order valence-electron chi connectivity index (χ4n) is 2.19. The van der Waals surface area contributed by atoms with Gasteiger partial charge in [0.1, 0.15) is 12.9 Å². The topological polar surface area (TPSA) is 119 Å². The van der Waals surface area contributed by atoms with E-state index in [-0.39, 0.29) is 17.4 Å². The number of hydrogen-bond donors (Lipinski definition) is 2. The number of piperidine rings is 1. The lowest BCUT2D eigenvalue weighted by Gasteiger charge is -2.25. The summed E-state index contributed by atoms with van der Waals surface area (Å²) in [7, 11) is 0. The van der Waals surface area contributed by atoms with E-state index < -0.39 is 4.92 Å². The molecule has 0 atom stereocenters. The summed E-state index contributed by atoms with van der Waals surface area (Å²) < 4.78 is 5.41. The number of nitrogens with zero attached hydrogens (tertiary/aromatic N) is 4. The summed E-state index contributed by atoms with van der Waals surface area (Å²) >= 11 is 0. The largest absolute Gasteiger partial charge is 0.471 e. The second-order valence-electron chi connectivity index (χ2n) is 4.53. The molecule has 110 valence electrons. The number of nitrogens with one attached hydrogen (secondary N) is 1. The van der Waals surface area contributed by atoms with Crippen LogP contribution in [0.5, 0.6) is 5.88 Å². The fourth-order valence-corrected chi connectivity index (χ4v) is 2.19. The molecule has 1 fully saturated rings. The van der Waals surface area contributed by atoms with Crippen molar-refractivity contribution in [1.82, 2.24) is 14.9 Å². The Morgan fingerprint density at radius 2 is 2.15 bits per heavy atom. The minimum Gasteiger partial charge on any atom is -0.471 e. The van der Waals surface area contributed by atoms with Gasteiger partial charge in [0.05, 0.1) is 4.92 Å². The highest BCUT2D eigenvalue weighted by atomic mass is 16.6. The molecule has 0 radical (unpaired) electrons. The van der Waals surface area contributed by atoms with Gasteiger partial charge >= 0.3 is 5.69 Å². The Morgan fingerprint density at radius 3 is 2.80 bits per heavy atom. The number of nitro groups is 1. The molecule has 1 aliphatic rings. The molecule has 0 aliphatic carbocycles. The molecule has 1 aromatic heterocycles. The summed E-state index contributed by atoms with van der Waals surface area (Å²) in [5.41, 5.74) is 1.83. The van der Waals surface area contributed by atoms with Crippen LogP contribution in [0.4, 0.5) is 11.5 Å². The summed E-state index contributed by atoms with van der Waals surface area (Å²) in [4.78, 5) is 20.2. The third kappa shape index (κ3) is 3.52. The highest BCUT2D eigenvalue weighted by molar-refractivity contribution is 5.60. The van der Waals surface area contributed by atoms with Gasteiger partial charge in [0.2, 0.25) is 5.82 Å². The minimum atomic E-state index is -0.606. The summed E-state index contributed by atoms with van der Waals surface area (Å²) in [6, 6.07) is 0. The molecule has 1 saturated heterocycles. The van der Waals surface area contributed by atoms with E-state index in [1.807, 2.05) is 0 Å². The summed E-state index contributed by atoms with van der Waals surface area (Å²) in [6.07, 6.45) is 4.82. The molecule has 20 heavy (non-hydrogen) atoms. The van der Waals surface area contributed by atoms with Gasteiger partial charge in [0.15, 0.2) is 0 Å². The zero-order valence-electron chi connectivity index (χ0n) is 11.1. The first-order valence-corrected chi connectivity index (χ1v) is 6.53. The first kappa shape index (κ1) is 14.4. The van der Waals surface area contributed by atoms with Gasteiger partial charge in [-0.05, 0) is 25.9 Å². The maximum absolute atomic E-state index is 11.0. The standard InChI is InChI=1S/C11H18N6O3/c12-15-10-9(17(18)19)11(14-8-13-10)20-7-6-16-4-2-1-3-5-16/h8H,1-7,12H2,(H,13,14,15). The first-order chi connectivity index (χ1) is 9.72. The summed E-state index contributed by atoms with van der Waals surface area (Å²) in [5.74, 6) is 5.08. The smallest absolute Gasteiger partial charge is 0.374 e. The zero-order chi connectivity index (χ0) is 14.4. The Morgan fingerprint density at radius 1 is 1.40 bits per heavy atom. The molecular formula is C11H18N6O3. The fraction of sp³-hybridized carbons (Fsp3) is 0.636. The van der Waals surface area contributed by atoms with Crippen molar-refractivity contribution >= 4 is 11.5 Å². The van der Waals surface area contributed by atoms with E-state index in [0.717, 1.165) is 19.6 Å². The van der Waals surface area contributed by atoms with Crippen LogP contribution in [0.3, 0.4) is 0 Å². The first-order valence-electron chi connectivity index (χ1n) is 6.53. The third-order valence-electron chi connectivity index (χ3n) is 3.20. The molecule has 3 N–H and O–H groups in total. The van der Waals surface area contributed by atoms with Crippen molar-refractivity contribution in [2.45, 2.75) is 19.3 Å². The van der Waals surface area contributed by atoms with E-state index in [4.69, 9.17) is 10.6 Å². The molecule has 0 aromatic carbocycles. The van der Waals surface area contributed by atoms with Crippen LogP contribution in [0.15, 0.2) is 6.33 Å². The molecule has 0 unspecified atom stereocenters. The van der Waals surface area contributed by atoms with Gasteiger partial charge in [0, 0.05) is 6.54 Å². The Kier molecular flexibility index (Phi) is 5.02. The molecule has 0 spiro atoms. The van der Waals surface area contributed by atoms with Crippen LogP contribution in [0.1, 0.15) is 19.3 Å². The van der Waals surface area contributed by atoms with Crippen molar-refractivity contribution in [2.75, 3.05) is 31.7 Å². The van der Waals surface area contributed by atoms with E-state index in [2.05, 4.69) is 20.3 Å². The normalized spacial score (nSPS) is 15.8. The average Bonchev–Trinajstić information content (AvgIpc) is 2.47. The molecule has 2 heterocycles. The Balaban J connectivity index is 1.96. The number of ether oxygens (including phenoxy) is 1. The maximum Gasteiger partial charge on any atom is 0.374 e. The van der Waals surface area contributed by atoms with Crippen molar-refractivity contribution in [1.29, 1.82) is 0 Å². The molecule has 2 rings (SSSR count). The van der Waals surface area contributed by atoms with Gasteiger partial charge in [-0.15, -0.1) is 0 Å². The molecule has 1 aliphatic heterocycles. The summed E-state index contributed by atoms with van der Waals surface area (Å²) in [5, 5.41) is 11.0. The van der Waals surface area contributed by atoms with Gasteiger partial charge in [-0.2, -0.15) is 4.98 Å². The van der Waals surface area contributed by atoms with Crippen LogP contribution in [0.2, 0.25) is 0 Å². The van der Waals surface area contributed by atoms with Crippen molar-refractivity contribution in [3.05, 3.63) is 16.4 Å². The summed E-state index contributed by atoms with van der Waals surface area (Å²) in [6.45, 7) is 3.17. The number of anilines is 1. The van der Waals surface area contributed by atoms with Gasteiger partial charge in [-0.3, -0.25) is 15.0 Å². The van der Waals surface area contributed by atoms with Crippen molar-refractivity contribution in [3.8, 4) is 5.88 Å². The van der Waals surface area contributed by atoms with E-state index in [1.165, 1.54) is 25.6 Å². The highest BCUT2D eigenvalue weighted by Gasteiger charge is 2.24. The zero-order valence-corrected chi connectivity index (χ0v) is 11.1. The van der Waals surface area contributed by atoms with Crippen LogP contribution >= 0.6 is 0 Å². The number of rotatable bonds is 6. The average molecular weight is 282 g/mol. The van der Waals surface area contributed by atoms with Crippen molar-refractivity contribution in [3.63, 3.8) is 0 Å². The molecule has 9 heteroatoms. The van der Waals surface area contributed by atoms with Crippen molar-refractivity contribution < 1.29 is 9.66 Å². The van der Waals surface area contributed by atoms with E-state index in [1.54, 1.807) is 0 Å². The Bertz CT molecular complexity index is 463. The van der Waals surface area contributed by atoms with Crippen LogP contribution in [0.25, 0.3) is 0 Å². The molecule has 0 amide bonds. The van der Waals surface area contributed by atoms with Crippen LogP contribution in [-0.2, 0) is 0 Å². The lowest BCUT2D eigenvalue weighted by atomic mass is 10.1. The van der Waals surface area contributed by atoms with Crippen molar-refractivity contribution in [2.24, 2.45) is 5.84 Å². The van der Waals surface area contributed by atoms with E-state index in [0.29, 0.717) is 6.61 Å². The van der Waals surface area contributed by atoms with Crippen LogP contribution in [-0.4, -0.2) is 46.0 Å². The quantitative estimate of drug-likeness (QED) is 0.440. The lowest BCUT2D eigenvalue weighted by molar-refractivity contribution is -0.385. The number of hydrazine groups is 1. The van der Waals surface area contributed by atoms with Gasteiger partial charge in [0.25, 0.3) is 5.88 Å². The number of nitrogens with two attached hydrogens (primary N) is 1. The number of aromatic nitrogens is 2. The second kappa shape index (κ2) is 6.96. The predicted molar refractivity (Wildman–Crippen MR) is 72.3 cm³/mol. The monoisotopic (exact) mass is 282 g/mol. The predicted octanol–water partition coefficient (Wildman–Crippen LogP) is 0.535. The number of hydrogen-bond acceptors (Lipinski definition) is 8. The number of nitrogen functional groups attached to an aromatic ring is 1. The second-order valence-corrected chi connectivity index (χ2v) is 4.53. The molecule has 0 bridgehead atoms. The van der Waals surface area contributed by atoms with Gasteiger partial charge in [-0.1, -0.05) is 6.42 Å². The van der Waals surface area contributed by atoms with E-state index >= 15 is 0 Å². The lowest BCUT2D eigenvalue weighted by Crippen LogP contribution is -2.33. The number of likely N-dealkylation sites (tertiary alicyclic amines) is 1. The van der Waals surface area contributed by atoms with Gasteiger partial charge in [-0.25, -0.2) is 10.8 Å². The molecule has 1 aromatic rings. The minimum absolute atomic E-state index is 0.0574. The highest BCUT2D eigenvalue weighted by Crippen LogP contribution is 2.29. The molecule has 9 nitrogen and oxygen atoms in total. The van der Waals surface area contributed by atoms with E-state index in [9.17, 15) is 10.1 Å². The van der Waals surface area contributed by atoms with Crippen LogP contribution < -0.4 is 16.0 Å². The molecular weight excluding hydrogens is 264 g/mol. The maximum atomic E-state index is 11.0. The SMILES string of the molecule is NNc1ncnc(OCCN2CCCCC2)c1[N+](=O)[O-]. The van der Waals surface area contributed by atoms with Crippen LogP contribution in [0, 0.1) is 10.1 Å². The Labute approximate surface area is 116 Å².